The van der Waals surface area contributed by atoms with E-state index in [4.69, 9.17) is 9.47 Å². The predicted octanol–water partition coefficient (Wildman–Crippen LogP) is 2.54. The van der Waals surface area contributed by atoms with Crippen LogP contribution in [0.25, 0.3) is 11.0 Å². The number of nitrogens with one attached hydrogen (secondary N) is 1. The van der Waals surface area contributed by atoms with Gasteiger partial charge >= 0.3 is 11.9 Å². The van der Waals surface area contributed by atoms with E-state index in [9.17, 15) is 14.8 Å². The number of aryl methyl sites for hydroxylation is 1. The summed E-state index contributed by atoms with van der Waals surface area (Å²) in [6.07, 6.45) is 0. The third-order valence-electron chi connectivity index (χ3n) is 5.00. The molecule has 158 valence electrons. The van der Waals surface area contributed by atoms with Crippen LogP contribution >= 0.6 is 0 Å². The number of carbonyl (C=O) groups is 2. The first-order valence-corrected chi connectivity index (χ1v) is 9.83. The smallest absolute Gasteiger partial charge is 0.336 e. The Morgan fingerprint density at radius 2 is 1.57 bits per heavy atom. The van der Waals surface area contributed by atoms with Crippen LogP contribution in [0.2, 0.25) is 0 Å². The third kappa shape index (κ3) is 3.60. The van der Waals surface area contributed by atoms with Crippen molar-refractivity contribution >= 4 is 23.0 Å². The van der Waals surface area contributed by atoms with Crippen molar-refractivity contribution < 1.29 is 23.8 Å². The van der Waals surface area contributed by atoms with Crippen molar-refractivity contribution in [2.75, 3.05) is 13.2 Å². The number of dihydropyridines is 1. The molecule has 0 amide bonds. The van der Waals surface area contributed by atoms with E-state index in [1.807, 2.05) is 0 Å². The van der Waals surface area contributed by atoms with Gasteiger partial charge in [-0.2, -0.15) is 4.73 Å². The maximum absolute atomic E-state index is 13.4. The van der Waals surface area contributed by atoms with Crippen LogP contribution in [0, 0.1) is 12.1 Å². The number of allylic oxidation sites excluding steroid dienone is 2. The molecule has 0 fully saturated rings. The number of hydrogen-bond acceptors (Lipinski definition) is 7. The topological polar surface area (TPSA) is 104 Å². The maximum atomic E-state index is 13.4. The first-order chi connectivity index (χ1) is 14.3. The molecule has 30 heavy (non-hydrogen) atoms. The SMILES string of the molecule is CCOC(=O)C1=C(C)NC(C)=C(C(=O)OCC)C1c1c(C)nc2ccccc2[n+]1[O-]. The molecule has 1 aromatic heterocycles. The van der Waals surface area contributed by atoms with Crippen molar-refractivity contribution in [2.45, 2.75) is 40.5 Å². The molecule has 2 aromatic rings. The van der Waals surface area contributed by atoms with Gasteiger partial charge in [-0.05, 0) is 40.7 Å². The minimum atomic E-state index is -0.973. The number of hydrogen-bond donors (Lipinski definition) is 1. The highest BCUT2D eigenvalue weighted by Crippen LogP contribution is 2.39. The molecule has 8 nitrogen and oxygen atoms in total. The fraction of sp³-hybridized carbons (Fsp3) is 0.364. The lowest BCUT2D eigenvalue weighted by Crippen LogP contribution is -2.42. The van der Waals surface area contributed by atoms with Crippen molar-refractivity contribution in [3.63, 3.8) is 0 Å². The molecule has 0 saturated carbocycles. The second-order valence-corrected chi connectivity index (χ2v) is 6.94. The second kappa shape index (κ2) is 8.52. The molecular weight excluding hydrogens is 386 g/mol. The molecule has 0 atom stereocenters. The lowest BCUT2D eigenvalue weighted by atomic mass is 9.82. The monoisotopic (exact) mass is 411 g/mol. The standard InChI is InChI=1S/C22H25N3O5/c1-6-29-21(26)17-12(3)23-13(4)18(22(27)30-7-2)19(17)20-14(5)24-15-10-8-9-11-16(15)25(20)28/h8-11,19,23H,6-7H2,1-5H3. The zero-order valence-electron chi connectivity index (χ0n) is 17.7. The Kier molecular flexibility index (Phi) is 6.05. The van der Waals surface area contributed by atoms with Gasteiger partial charge < -0.3 is 20.0 Å². The highest BCUT2D eigenvalue weighted by Gasteiger charge is 2.43. The fourth-order valence-corrected chi connectivity index (χ4v) is 3.80. The first kappa shape index (κ1) is 21.3. The van der Waals surface area contributed by atoms with Crippen molar-refractivity contribution in [3.8, 4) is 0 Å². The molecule has 3 rings (SSSR count). The molecule has 0 saturated heterocycles. The number of carbonyl (C=O) groups excluding carboxylic acids is 2. The molecular formula is C22H25N3O5. The number of para-hydroxylation sites is 2. The number of nitrogens with zero attached hydrogens (tertiary/aromatic N) is 2. The normalized spacial score (nSPS) is 14.7. The quantitative estimate of drug-likeness (QED) is 0.458. The van der Waals surface area contributed by atoms with Crippen molar-refractivity contribution in [3.05, 3.63) is 63.4 Å². The van der Waals surface area contributed by atoms with Gasteiger partial charge in [0.2, 0.25) is 11.2 Å². The number of benzene rings is 1. The Balaban J connectivity index is 2.34. The summed E-state index contributed by atoms with van der Waals surface area (Å²) in [5, 5.41) is 16.5. The highest BCUT2D eigenvalue weighted by atomic mass is 16.5. The van der Waals surface area contributed by atoms with Crippen LogP contribution in [0.15, 0.2) is 46.8 Å². The Labute approximate surface area is 174 Å². The zero-order valence-corrected chi connectivity index (χ0v) is 17.7. The zero-order chi connectivity index (χ0) is 22.0. The second-order valence-electron chi connectivity index (χ2n) is 6.94. The Morgan fingerprint density at radius 1 is 1.03 bits per heavy atom. The molecule has 0 radical (unpaired) electrons. The van der Waals surface area contributed by atoms with Gasteiger partial charge in [-0.25, -0.2) is 14.6 Å². The number of fused-ring (bicyclic) bond motifs is 1. The van der Waals surface area contributed by atoms with E-state index in [1.165, 1.54) is 0 Å². The van der Waals surface area contributed by atoms with E-state index in [2.05, 4.69) is 10.3 Å². The number of esters is 2. The summed E-state index contributed by atoms with van der Waals surface area (Å²) in [5.74, 6) is -2.18. The van der Waals surface area contributed by atoms with Crippen molar-refractivity contribution in [1.29, 1.82) is 0 Å². The van der Waals surface area contributed by atoms with Gasteiger partial charge in [0.05, 0.1) is 24.4 Å². The van der Waals surface area contributed by atoms with Crippen LogP contribution in [0.3, 0.4) is 0 Å². The summed E-state index contributed by atoms with van der Waals surface area (Å²) in [6.45, 7) is 8.83. The summed E-state index contributed by atoms with van der Waals surface area (Å²) in [4.78, 5) is 30.3. The molecule has 0 unspecified atom stereocenters. The van der Waals surface area contributed by atoms with Crippen LogP contribution in [0.1, 0.15) is 45.0 Å². The molecule has 8 heteroatoms. The third-order valence-corrected chi connectivity index (χ3v) is 5.00. The Hall–Kier alpha value is -3.42. The van der Waals surface area contributed by atoms with Crippen LogP contribution in [0.4, 0.5) is 0 Å². The Morgan fingerprint density at radius 3 is 2.10 bits per heavy atom. The number of ether oxygens (including phenoxy) is 2. The minimum absolute atomic E-state index is 0.159. The van der Waals surface area contributed by atoms with Gasteiger partial charge in [0.25, 0.3) is 0 Å². The largest absolute Gasteiger partial charge is 0.618 e. The van der Waals surface area contributed by atoms with E-state index in [0.717, 1.165) is 4.73 Å². The molecule has 0 spiro atoms. The first-order valence-electron chi connectivity index (χ1n) is 9.83. The lowest BCUT2D eigenvalue weighted by Gasteiger charge is -2.29. The number of rotatable bonds is 5. The van der Waals surface area contributed by atoms with E-state index in [1.54, 1.807) is 58.9 Å². The summed E-state index contributed by atoms with van der Waals surface area (Å²) in [6, 6.07) is 6.92. The molecule has 0 aliphatic carbocycles. The lowest BCUT2D eigenvalue weighted by molar-refractivity contribution is -0.587. The minimum Gasteiger partial charge on any atom is -0.618 e. The average molecular weight is 411 g/mol. The van der Waals surface area contributed by atoms with E-state index in [0.29, 0.717) is 28.1 Å². The number of aromatic nitrogens is 2. The van der Waals surface area contributed by atoms with Gasteiger partial charge in [0.15, 0.2) is 0 Å². The van der Waals surface area contributed by atoms with E-state index in [-0.39, 0.29) is 30.1 Å². The van der Waals surface area contributed by atoms with Gasteiger partial charge in [-0.15, -0.1) is 0 Å². The molecule has 1 aliphatic rings. The highest BCUT2D eigenvalue weighted by molar-refractivity contribution is 5.99. The van der Waals surface area contributed by atoms with Gasteiger partial charge in [-0.1, -0.05) is 12.1 Å². The maximum Gasteiger partial charge on any atom is 0.336 e. The van der Waals surface area contributed by atoms with Crippen LogP contribution in [-0.2, 0) is 19.1 Å². The summed E-state index contributed by atoms with van der Waals surface area (Å²) >= 11 is 0. The van der Waals surface area contributed by atoms with Gasteiger partial charge in [0, 0.05) is 17.5 Å². The van der Waals surface area contributed by atoms with Crippen LogP contribution in [0.5, 0.6) is 0 Å². The summed E-state index contributed by atoms with van der Waals surface area (Å²) < 4.78 is 11.2. The molecule has 1 N–H and O–H groups in total. The fourth-order valence-electron chi connectivity index (χ4n) is 3.80. The summed E-state index contributed by atoms with van der Waals surface area (Å²) in [7, 11) is 0. The molecule has 2 heterocycles. The van der Waals surface area contributed by atoms with Crippen molar-refractivity contribution in [2.24, 2.45) is 0 Å². The average Bonchev–Trinajstić information content (AvgIpc) is 2.68. The Bertz CT molecular complexity index is 1050. The molecule has 0 bridgehead atoms. The summed E-state index contributed by atoms with van der Waals surface area (Å²) in [5.41, 5.74) is 2.89. The molecule has 1 aromatic carbocycles. The van der Waals surface area contributed by atoms with Gasteiger partial charge in [-0.3, -0.25) is 0 Å². The van der Waals surface area contributed by atoms with Gasteiger partial charge in [0.1, 0.15) is 17.1 Å². The van der Waals surface area contributed by atoms with Crippen molar-refractivity contribution in [1.82, 2.24) is 10.3 Å². The van der Waals surface area contributed by atoms with Crippen LogP contribution < -0.4 is 10.0 Å². The van der Waals surface area contributed by atoms with E-state index >= 15 is 0 Å². The van der Waals surface area contributed by atoms with E-state index < -0.39 is 17.9 Å². The predicted molar refractivity (Wildman–Crippen MR) is 110 cm³/mol. The van der Waals surface area contributed by atoms with Crippen LogP contribution in [-0.4, -0.2) is 30.1 Å². The molecule has 1 aliphatic heterocycles.